The lowest BCUT2D eigenvalue weighted by atomic mass is 10.7. The lowest BCUT2D eigenvalue weighted by molar-refractivity contribution is 0.957. The van der Waals surface area contributed by atoms with E-state index < -0.39 is 0 Å². The Bertz CT molecular complexity index is 85.7. The monoisotopic (exact) mass is 113 g/mol. The SMILES string of the molecule is CNC/C=N/C=C\N. The lowest BCUT2D eigenvalue weighted by Gasteiger charge is -1.82. The Kier molecular flexibility index (Phi) is 5.53. The first-order valence-corrected chi connectivity index (χ1v) is 2.44. The smallest absolute Gasteiger partial charge is 0.0419 e. The van der Waals surface area contributed by atoms with Gasteiger partial charge in [0.2, 0.25) is 0 Å². The molecule has 8 heavy (non-hydrogen) atoms. The minimum absolute atomic E-state index is 0.782. The van der Waals surface area contributed by atoms with E-state index in [4.69, 9.17) is 5.73 Å². The molecule has 0 saturated heterocycles. The summed E-state index contributed by atoms with van der Waals surface area (Å²) in [6, 6.07) is 0. The first-order valence-electron chi connectivity index (χ1n) is 2.44. The normalized spacial score (nSPS) is 11.6. The summed E-state index contributed by atoms with van der Waals surface area (Å²) < 4.78 is 0. The van der Waals surface area contributed by atoms with Crippen molar-refractivity contribution in [2.24, 2.45) is 10.7 Å². The van der Waals surface area contributed by atoms with Crippen molar-refractivity contribution in [1.29, 1.82) is 0 Å². The number of nitrogens with zero attached hydrogens (tertiary/aromatic N) is 1. The Morgan fingerprint density at radius 1 is 1.75 bits per heavy atom. The van der Waals surface area contributed by atoms with Gasteiger partial charge in [0.25, 0.3) is 0 Å². The van der Waals surface area contributed by atoms with Gasteiger partial charge in [-0.05, 0) is 7.05 Å². The van der Waals surface area contributed by atoms with Crippen molar-refractivity contribution in [3.05, 3.63) is 12.4 Å². The van der Waals surface area contributed by atoms with Crippen LogP contribution in [-0.4, -0.2) is 19.8 Å². The van der Waals surface area contributed by atoms with Gasteiger partial charge in [-0.1, -0.05) is 0 Å². The molecule has 0 rings (SSSR count). The van der Waals surface area contributed by atoms with E-state index in [0.29, 0.717) is 0 Å². The maximum atomic E-state index is 5.00. The van der Waals surface area contributed by atoms with E-state index in [2.05, 4.69) is 10.3 Å². The van der Waals surface area contributed by atoms with Crippen LogP contribution < -0.4 is 11.1 Å². The molecule has 0 bridgehead atoms. The summed E-state index contributed by atoms with van der Waals surface area (Å²) in [5.74, 6) is 0. The molecule has 3 heteroatoms. The van der Waals surface area contributed by atoms with Crippen LogP contribution in [0.15, 0.2) is 17.4 Å². The van der Waals surface area contributed by atoms with Gasteiger partial charge >= 0.3 is 0 Å². The molecule has 0 amide bonds. The quantitative estimate of drug-likeness (QED) is 0.494. The summed E-state index contributed by atoms with van der Waals surface area (Å²) in [5, 5.41) is 2.90. The van der Waals surface area contributed by atoms with Gasteiger partial charge < -0.3 is 11.1 Å². The zero-order chi connectivity index (χ0) is 6.24. The molecule has 3 N–H and O–H groups in total. The largest absolute Gasteiger partial charge is 0.403 e. The van der Waals surface area contributed by atoms with Crippen LogP contribution in [0.5, 0.6) is 0 Å². The number of hydrogen-bond acceptors (Lipinski definition) is 3. The van der Waals surface area contributed by atoms with Crippen LogP contribution in [0.25, 0.3) is 0 Å². The summed E-state index contributed by atoms with van der Waals surface area (Å²) >= 11 is 0. The molecule has 46 valence electrons. The second kappa shape index (κ2) is 6.17. The molecule has 0 spiro atoms. The average molecular weight is 113 g/mol. The van der Waals surface area contributed by atoms with E-state index in [1.165, 1.54) is 12.4 Å². The van der Waals surface area contributed by atoms with Gasteiger partial charge in [0.05, 0.1) is 0 Å². The van der Waals surface area contributed by atoms with Gasteiger partial charge in [-0.2, -0.15) is 0 Å². The molecule has 0 aliphatic carbocycles. The van der Waals surface area contributed by atoms with Gasteiger partial charge in [0, 0.05) is 25.2 Å². The average Bonchev–Trinajstić information content (AvgIpc) is 1.81. The zero-order valence-corrected chi connectivity index (χ0v) is 4.96. The summed E-state index contributed by atoms with van der Waals surface area (Å²) in [5.41, 5.74) is 5.00. The van der Waals surface area contributed by atoms with Crippen molar-refractivity contribution >= 4 is 6.21 Å². The Morgan fingerprint density at radius 2 is 2.50 bits per heavy atom. The molecule has 0 saturated carbocycles. The third kappa shape index (κ3) is 5.17. The topological polar surface area (TPSA) is 50.4 Å². The Labute approximate surface area is 49.3 Å². The van der Waals surface area contributed by atoms with Gasteiger partial charge in [0.15, 0.2) is 0 Å². The van der Waals surface area contributed by atoms with Crippen molar-refractivity contribution in [3.63, 3.8) is 0 Å². The van der Waals surface area contributed by atoms with Crippen molar-refractivity contribution < 1.29 is 0 Å². The van der Waals surface area contributed by atoms with E-state index in [1.54, 1.807) is 6.21 Å². The molecule has 0 aliphatic rings. The summed E-state index contributed by atoms with van der Waals surface area (Å²) in [6.45, 7) is 0.782. The fraction of sp³-hybridized carbons (Fsp3) is 0.400. The Morgan fingerprint density at radius 3 is 3.00 bits per heavy atom. The van der Waals surface area contributed by atoms with E-state index in [9.17, 15) is 0 Å². The van der Waals surface area contributed by atoms with E-state index in [1.807, 2.05) is 7.05 Å². The first-order chi connectivity index (χ1) is 3.91. The summed E-state index contributed by atoms with van der Waals surface area (Å²) in [4.78, 5) is 3.79. The minimum Gasteiger partial charge on any atom is -0.403 e. The molecule has 0 atom stereocenters. The third-order valence-corrected chi connectivity index (χ3v) is 0.573. The van der Waals surface area contributed by atoms with E-state index >= 15 is 0 Å². The fourth-order valence-electron chi connectivity index (χ4n) is 0.255. The van der Waals surface area contributed by atoms with Crippen LogP contribution in [0, 0.1) is 0 Å². The van der Waals surface area contributed by atoms with E-state index in [0.717, 1.165) is 6.54 Å². The molecule has 0 radical (unpaired) electrons. The molecule has 0 fully saturated rings. The van der Waals surface area contributed by atoms with Crippen molar-refractivity contribution in [2.75, 3.05) is 13.6 Å². The van der Waals surface area contributed by atoms with Crippen molar-refractivity contribution in [2.45, 2.75) is 0 Å². The number of hydrogen-bond donors (Lipinski definition) is 2. The number of aliphatic imine (C=N–C) groups is 1. The second-order valence-electron chi connectivity index (χ2n) is 1.23. The molecule has 0 aromatic carbocycles. The van der Waals surface area contributed by atoms with Gasteiger partial charge in [0.1, 0.15) is 0 Å². The molecule has 0 aliphatic heterocycles. The van der Waals surface area contributed by atoms with Gasteiger partial charge in [-0.15, -0.1) is 0 Å². The third-order valence-electron chi connectivity index (χ3n) is 0.573. The highest BCUT2D eigenvalue weighted by atomic mass is 14.8. The zero-order valence-electron chi connectivity index (χ0n) is 4.96. The number of rotatable bonds is 3. The highest BCUT2D eigenvalue weighted by Crippen LogP contribution is 1.63. The van der Waals surface area contributed by atoms with Crippen LogP contribution in [0.3, 0.4) is 0 Å². The van der Waals surface area contributed by atoms with Crippen LogP contribution >= 0.6 is 0 Å². The highest BCUT2D eigenvalue weighted by Gasteiger charge is 1.65. The molecule has 0 unspecified atom stereocenters. The Balaban J connectivity index is 3.07. The predicted molar refractivity (Wildman–Crippen MR) is 35.7 cm³/mol. The van der Waals surface area contributed by atoms with Gasteiger partial charge in [-0.25, -0.2) is 0 Å². The molecule has 0 aromatic rings. The maximum Gasteiger partial charge on any atom is 0.0419 e. The van der Waals surface area contributed by atoms with Crippen molar-refractivity contribution in [1.82, 2.24) is 5.32 Å². The molecule has 3 nitrogen and oxygen atoms in total. The molecular formula is C5H11N3. The lowest BCUT2D eigenvalue weighted by Crippen LogP contribution is -2.07. The number of nitrogens with two attached hydrogens (primary N) is 1. The van der Waals surface area contributed by atoms with Crippen LogP contribution in [0.2, 0.25) is 0 Å². The second-order valence-corrected chi connectivity index (χ2v) is 1.23. The first kappa shape index (κ1) is 7.17. The Hall–Kier alpha value is -0.830. The highest BCUT2D eigenvalue weighted by molar-refractivity contribution is 5.60. The minimum atomic E-state index is 0.782. The predicted octanol–water partition coefficient (Wildman–Crippen LogP) is -0.294. The van der Waals surface area contributed by atoms with Crippen LogP contribution in [0.1, 0.15) is 0 Å². The summed E-state index contributed by atoms with van der Waals surface area (Å²) in [7, 11) is 1.86. The van der Waals surface area contributed by atoms with Crippen LogP contribution in [0.4, 0.5) is 0 Å². The van der Waals surface area contributed by atoms with Crippen molar-refractivity contribution in [3.8, 4) is 0 Å². The van der Waals surface area contributed by atoms with Crippen LogP contribution in [-0.2, 0) is 0 Å². The van der Waals surface area contributed by atoms with Gasteiger partial charge in [-0.3, -0.25) is 4.99 Å². The molecule has 0 aromatic heterocycles. The summed E-state index contributed by atoms with van der Waals surface area (Å²) in [6.07, 6.45) is 4.67. The standard InChI is InChI=1S/C5H11N3/c1-7-4-5-8-3-2-6/h2-3,5,7H,4,6H2,1H3/b3-2-,8-5+. The fourth-order valence-corrected chi connectivity index (χ4v) is 0.255. The molecular weight excluding hydrogens is 102 g/mol. The van der Waals surface area contributed by atoms with E-state index in [-0.39, 0.29) is 0 Å². The molecule has 0 heterocycles. The number of nitrogens with one attached hydrogen (secondary N) is 1. The maximum absolute atomic E-state index is 5.00.